The van der Waals surface area contributed by atoms with Crippen LogP contribution in [0.4, 0.5) is 0 Å². The van der Waals surface area contributed by atoms with Gasteiger partial charge in [0, 0.05) is 12.3 Å². The summed E-state index contributed by atoms with van der Waals surface area (Å²) in [5.41, 5.74) is 2.69. The maximum Gasteiger partial charge on any atom is 0.120 e. The van der Waals surface area contributed by atoms with E-state index in [1.807, 2.05) is 12.1 Å². The smallest absolute Gasteiger partial charge is 0.120 e. The van der Waals surface area contributed by atoms with Gasteiger partial charge in [-0.15, -0.1) is 0 Å². The van der Waals surface area contributed by atoms with E-state index < -0.39 is 0 Å². The summed E-state index contributed by atoms with van der Waals surface area (Å²) in [6, 6.07) is 8.10. The first-order chi connectivity index (χ1) is 12.1. The summed E-state index contributed by atoms with van der Waals surface area (Å²) in [6.07, 6.45) is 8.91. The van der Waals surface area contributed by atoms with Crippen molar-refractivity contribution in [3.05, 3.63) is 41.5 Å². The highest BCUT2D eigenvalue weighted by Crippen LogP contribution is 2.51. The van der Waals surface area contributed by atoms with Gasteiger partial charge in [-0.2, -0.15) is 0 Å². The van der Waals surface area contributed by atoms with Crippen molar-refractivity contribution in [1.29, 1.82) is 0 Å². The lowest BCUT2D eigenvalue weighted by Gasteiger charge is -2.47. The molecule has 1 saturated carbocycles. The molecule has 2 aliphatic rings. The normalized spacial score (nSPS) is 31.8. The van der Waals surface area contributed by atoms with Crippen molar-refractivity contribution >= 4 is 6.29 Å². The van der Waals surface area contributed by atoms with Crippen LogP contribution in [0.5, 0.6) is 5.75 Å². The molecule has 0 saturated heterocycles. The zero-order valence-electron chi connectivity index (χ0n) is 15.7. The number of aldehydes is 1. The highest BCUT2D eigenvalue weighted by Gasteiger charge is 2.43. The number of fused-ring (bicyclic) bond motifs is 1. The molecule has 0 unspecified atom stereocenters. The summed E-state index contributed by atoms with van der Waals surface area (Å²) in [4.78, 5) is 11.2. The van der Waals surface area contributed by atoms with E-state index in [1.54, 1.807) is 7.11 Å². The van der Waals surface area contributed by atoms with Crippen molar-refractivity contribution in [2.24, 2.45) is 17.3 Å². The molecule has 2 aliphatic carbocycles. The van der Waals surface area contributed by atoms with Gasteiger partial charge in [-0.05, 0) is 48.3 Å². The Hall–Kier alpha value is -1.61. The van der Waals surface area contributed by atoms with E-state index in [0.717, 1.165) is 24.9 Å². The number of carbonyl (C=O) groups excluding carboxylic acids is 1. The van der Waals surface area contributed by atoms with Crippen LogP contribution in [0, 0.1) is 17.3 Å². The van der Waals surface area contributed by atoms with Crippen molar-refractivity contribution in [2.75, 3.05) is 7.11 Å². The molecule has 4 atom stereocenters. The summed E-state index contributed by atoms with van der Waals surface area (Å²) in [6.45, 7) is 5.18. The Labute approximate surface area is 151 Å². The van der Waals surface area contributed by atoms with E-state index >= 15 is 0 Å². The average Bonchev–Trinajstić information content (AvgIpc) is 2.61. The zero-order valence-corrected chi connectivity index (χ0v) is 15.7. The Morgan fingerprint density at radius 1 is 1.28 bits per heavy atom. The number of benzene rings is 1. The van der Waals surface area contributed by atoms with E-state index in [4.69, 9.17) is 9.47 Å². The summed E-state index contributed by atoms with van der Waals surface area (Å²) in [7, 11) is 1.68. The number of methoxy groups -OCH3 is 1. The largest absolute Gasteiger partial charge is 0.497 e. The first-order valence-corrected chi connectivity index (χ1v) is 9.46. The molecular formula is C22H30O3. The third kappa shape index (κ3) is 3.82. The molecule has 1 aromatic carbocycles. The Balaban J connectivity index is 1.72. The van der Waals surface area contributed by atoms with E-state index in [1.165, 1.54) is 24.0 Å². The van der Waals surface area contributed by atoms with Crippen LogP contribution in [0.1, 0.15) is 51.5 Å². The molecule has 136 valence electrons. The van der Waals surface area contributed by atoms with Gasteiger partial charge in [0.2, 0.25) is 0 Å². The Bertz CT molecular complexity index is 619. The van der Waals surface area contributed by atoms with Gasteiger partial charge >= 0.3 is 0 Å². The van der Waals surface area contributed by atoms with Crippen LogP contribution in [0.25, 0.3) is 0 Å². The molecular weight excluding hydrogens is 312 g/mol. The van der Waals surface area contributed by atoms with Crippen LogP contribution in [0.15, 0.2) is 35.9 Å². The molecule has 0 radical (unpaired) electrons. The Kier molecular flexibility index (Phi) is 5.63. The lowest BCUT2D eigenvalue weighted by molar-refractivity contribution is -0.110. The lowest BCUT2D eigenvalue weighted by atomic mass is 9.60. The monoisotopic (exact) mass is 342 g/mol. The van der Waals surface area contributed by atoms with Crippen molar-refractivity contribution in [1.82, 2.24) is 0 Å². The molecule has 0 N–H and O–H groups in total. The molecule has 3 rings (SSSR count). The molecule has 3 nitrogen and oxygen atoms in total. The maximum absolute atomic E-state index is 11.2. The Morgan fingerprint density at radius 2 is 2.04 bits per heavy atom. The van der Waals surface area contributed by atoms with Crippen molar-refractivity contribution in [3.8, 4) is 5.75 Å². The van der Waals surface area contributed by atoms with Gasteiger partial charge in [-0.1, -0.05) is 44.1 Å². The van der Waals surface area contributed by atoms with E-state index in [9.17, 15) is 4.79 Å². The van der Waals surface area contributed by atoms with Crippen LogP contribution in [-0.2, 0) is 16.1 Å². The topological polar surface area (TPSA) is 35.5 Å². The molecule has 1 aromatic rings. The third-order valence-corrected chi connectivity index (χ3v) is 6.14. The molecule has 25 heavy (non-hydrogen) atoms. The molecule has 0 aliphatic heterocycles. The second-order valence-electron chi connectivity index (χ2n) is 7.93. The highest BCUT2D eigenvalue weighted by molar-refractivity contribution is 5.52. The lowest BCUT2D eigenvalue weighted by Crippen LogP contribution is -2.42. The average molecular weight is 342 g/mol. The summed E-state index contributed by atoms with van der Waals surface area (Å²) >= 11 is 0. The number of ether oxygens (including phenoxy) is 2. The number of allylic oxidation sites excluding steroid dienone is 1. The predicted octanol–water partition coefficient (Wildman–Crippen LogP) is 4.94. The van der Waals surface area contributed by atoms with Gasteiger partial charge in [0.05, 0.1) is 19.8 Å². The molecule has 0 bridgehead atoms. The summed E-state index contributed by atoms with van der Waals surface area (Å²) < 4.78 is 11.6. The summed E-state index contributed by atoms with van der Waals surface area (Å²) in [5, 5.41) is 0. The van der Waals surface area contributed by atoms with Gasteiger partial charge < -0.3 is 14.3 Å². The number of carbonyl (C=O) groups is 1. The fourth-order valence-electron chi connectivity index (χ4n) is 4.64. The van der Waals surface area contributed by atoms with Crippen molar-refractivity contribution in [2.45, 2.75) is 58.7 Å². The van der Waals surface area contributed by atoms with Crippen LogP contribution >= 0.6 is 0 Å². The van der Waals surface area contributed by atoms with Gasteiger partial charge in [0.25, 0.3) is 0 Å². The van der Waals surface area contributed by atoms with E-state index in [2.05, 4.69) is 32.1 Å². The van der Waals surface area contributed by atoms with Crippen LogP contribution in [0.2, 0.25) is 0 Å². The molecule has 0 aromatic heterocycles. The zero-order chi connectivity index (χ0) is 17.9. The number of hydrogen-bond acceptors (Lipinski definition) is 3. The first-order valence-electron chi connectivity index (χ1n) is 9.46. The molecule has 0 spiro atoms. The first kappa shape index (κ1) is 18.2. The SMILES string of the molecule is COc1ccc(CO[C@H]2[C@@H](C)CC=C3[C@@H]2CCC[C@@]3(C)CC=O)cc1. The second-order valence-corrected chi connectivity index (χ2v) is 7.93. The minimum atomic E-state index is 0.0343. The van der Waals surface area contributed by atoms with Crippen LogP contribution in [0.3, 0.4) is 0 Å². The molecule has 0 heterocycles. The molecule has 3 heteroatoms. The van der Waals surface area contributed by atoms with Crippen LogP contribution in [-0.4, -0.2) is 19.5 Å². The van der Waals surface area contributed by atoms with Crippen LogP contribution < -0.4 is 4.74 Å². The second kappa shape index (κ2) is 7.74. The minimum absolute atomic E-state index is 0.0343. The number of hydrogen-bond donors (Lipinski definition) is 0. The molecule has 1 fully saturated rings. The third-order valence-electron chi connectivity index (χ3n) is 6.14. The standard InChI is InChI=1S/C22H30O3/c1-16-6-11-20-19(5-4-12-22(20,2)13-14-23)21(16)25-15-17-7-9-18(24-3)10-8-17/h7-11,14,16,19,21H,4-6,12-13,15H2,1-3H3/t16-,19-,21-,22-/m0/s1. The van der Waals surface area contributed by atoms with Gasteiger partial charge in [-0.3, -0.25) is 0 Å². The quantitative estimate of drug-likeness (QED) is 0.542. The van der Waals surface area contributed by atoms with Gasteiger partial charge in [-0.25, -0.2) is 0 Å². The number of rotatable bonds is 6. The summed E-state index contributed by atoms with van der Waals surface area (Å²) in [5.74, 6) is 1.85. The van der Waals surface area contributed by atoms with E-state index in [0.29, 0.717) is 24.9 Å². The van der Waals surface area contributed by atoms with Gasteiger partial charge in [0.1, 0.15) is 12.0 Å². The van der Waals surface area contributed by atoms with Crippen molar-refractivity contribution in [3.63, 3.8) is 0 Å². The van der Waals surface area contributed by atoms with E-state index in [-0.39, 0.29) is 11.5 Å². The van der Waals surface area contributed by atoms with Gasteiger partial charge in [0.15, 0.2) is 0 Å². The minimum Gasteiger partial charge on any atom is -0.497 e. The predicted molar refractivity (Wildman–Crippen MR) is 99.6 cm³/mol. The fraction of sp³-hybridized carbons (Fsp3) is 0.591. The maximum atomic E-state index is 11.2. The fourth-order valence-corrected chi connectivity index (χ4v) is 4.64. The molecule has 0 amide bonds. The Morgan fingerprint density at radius 3 is 2.72 bits per heavy atom. The highest BCUT2D eigenvalue weighted by atomic mass is 16.5. The van der Waals surface area contributed by atoms with Crippen molar-refractivity contribution < 1.29 is 14.3 Å².